The normalized spacial score (nSPS) is 14.2. The molecule has 0 aliphatic heterocycles. The molecule has 0 radical (unpaired) electrons. The van der Waals surface area contributed by atoms with Crippen molar-refractivity contribution in [2.75, 3.05) is 25.2 Å². The molecule has 10 heteroatoms. The summed E-state index contributed by atoms with van der Waals surface area (Å²) in [6.45, 7) is 0.516. The van der Waals surface area contributed by atoms with Crippen LogP contribution in [0, 0.1) is 0 Å². The Hall–Kier alpha value is -2.75. The lowest BCUT2D eigenvalue weighted by atomic mass is 9.95. The van der Waals surface area contributed by atoms with E-state index in [1.807, 2.05) is 24.3 Å². The predicted octanol–water partition coefficient (Wildman–Crippen LogP) is 2.95. The molecule has 1 aliphatic carbocycles. The highest BCUT2D eigenvalue weighted by atomic mass is 32.2. The molecule has 1 heterocycles. The summed E-state index contributed by atoms with van der Waals surface area (Å²) in [6, 6.07) is 7.54. The molecule has 2 aromatic rings. The second kappa shape index (κ2) is 10.9. The third-order valence-electron chi connectivity index (χ3n) is 5.01. The van der Waals surface area contributed by atoms with Crippen LogP contribution < -0.4 is 20.7 Å². The first kappa shape index (κ1) is 21.9. The van der Waals surface area contributed by atoms with Gasteiger partial charge in [0.15, 0.2) is 11.0 Å². The van der Waals surface area contributed by atoms with Gasteiger partial charge in [0, 0.05) is 24.8 Å². The number of imide groups is 1. The number of carbonyl (C=O) groups excluding carboxylic acids is 2. The number of aromatic nitrogens is 3. The van der Waals surface area contributed by atoms with Gasteiger partial charge >= 0.3 is 6.03 Å². The number of rotatable bonds is 8. The van der Waals surface area contributed by atoms with Gasteiger partial charge in [-0.2, -0.15) is 0 Å². The maximum atomic E-state index is 12.0. The number of nitrogens with zero attached hydrogens (tertiary/aromatic N) is 3. The summed E-state index contributed by atoms with van der Waals surface area (Å²) in [4.78, 5) is 23.3. The maximum Gasteiger partial charge on any atom is 0.321 e. The molecule has 1 aliphatic rings. The number of hydrogen-bond donors (Lipinski definition) is 3. The van der Waals surface area contributed by atoms with E-state index in [2.05, 4.69) is 30.7 Å². The maximum absolute atomic E-state index is 12.0. The zero-order valence-electron chi connectivity index (χ0n) is 17.3. The second-order valence-electron chi connectivity index (χ2n) is 7.06. The van der Waals surface area contributed by atoms with E-state index in [0.29, 0.717) is 17.7 Å². The van der Waals surface area contributed by atoms with Crippen molar-refractivity contribution in [3.8, 4) is 5.75 Å². The number of anilines is 1. The summed E-state index contributed by atoms with van der Waals surface area (Å²) in [5, 5.41) is 17.5. The van der Waals surface area contributed by atoms with Gasteiger partial charge in [-0.15, -0.1) is 10.2 Å². The van der Waals surface area contributed by atoms with E-state index in [9.17, 15) is 9.59 Å². The topological polar surface area (TPSA) is 110 Å². The number of amides is 3. The number of ether oxygens (including phenoxy) is 1. The molecule has 3 N–H and O–H groups in total. The Morgan fingerprint density at radius 2 is 2.03 bits per heavy atom. The Bertz CT molecular complexity index is 866. The molecule has 0 atom stereocenters. The third-order valence-corrected chi connectivity index (χ3v) is 5.95. The first-order valence-electron chi connectivity index (χ1n) is 10.1. The van der Waals surface area contributed by atoms with Crippen LogP contribution >= 0.6 is 11.8 Å². The molecule has 0 unspecified atom stereocenters. The first-order chi connectivity index (χ1) is 14.6. The average molecular weight is 433 g/mol. The molecule has 1 aromatic heterocycles. The number of benzene rings is 1. The minimum absolute atomic E-state index is 0.0988. The summed E-state index contributed by atoms with van der Waals surface area (Å²) in [7, 11) is 3.11. The molecule has 30 heavy (non-hydrogen) atoms. The van der Waals surface area contributed by atoms with Crippen LogP contribution in [0.3, 0.4) is 0 Å². The Labute approximate surface area is 180 Å². The highest BCUT2D eigenvalue weighted by Crippen LogP contribution is 2.33. The molecule has 162 valence electrons. The molecule has 3 rings (SSSR count). The van der Waals surface area contributed by atoms with E-state index in [1.54, 1.807) is 7.11 Å². The second-order valence-corrected chi connectivity index (χ2v) is 8.00. The van der Waals surface area contributed by atoms with Crippen molar-refractivity contribution in [3.63, 3.8) is 0 Å². The molecule has 3 amide bonds. The van der Waals surface area contributed by atoms with Gasteiger partial charge in [-0.3, -0.25) is 10.1 Å². The Balaban J connectivity index is 1.72. The van der Waals surface area contributed by atoms with Gasteiger partial charge in [0.05, 0.1) is 19.4 Å². The SMILES string of the molecule is CNC(=O)NC(=O)CSc1nnc(CNc2cccc(OC)c2)n1C1CCCCC1. The summed E-state index contributed by atoms with van der Waals surface area (Å²) in [6.07, 6.45) is 5.73. The molecule has 9 nitrogen and oxygen atoms in total. The number of carbonyl (C=O) groups is 2. The summed E-state index contributed by atoms with van der Waals surface area (Å²) in [5.74, 6) is 1.35. The minimum atomic E-state index is -0.516. The summed E-state index contributed by atoms with van der Waals surface area (Å²) < 4.78 is 7.43. The van der Waals surface area contributed by atoms with Crippen LogP contribution in [-0.4, -0.2) is 46.6 Å². The van der Waals surface area contributed by atoms with Gasteiger partial charge in [-0.25, -0.2) is 4.79 Å². The molecule has 0 bridgehead atoms. The van der Waals surface area contributed by atoms with E-state index >= 15 is 0 Å². The van der Waals surface area contributed by atoms with Crippen molar-refractivity contribution >= 4 is 29.4 Å². The Kier molecular flexibility index (Phi) is 7.95. The first-order valence-corrected chi connectivity index (χ1v) is 11.1. The Morgan fingerprint density at radius 1 is 1.23 bits per heavy atom. The number of hydrogen-bond acceptors (Lipinski definition) is 7. The summed E-state index contributed by atoms with van der Waals surface area (Å²) >= 11 is 1.30. The van der Waals surface area contributed by atoms with Crippen molar-refractivity contribution in [1.29, 1.82) is 0 Å². The largest absolute Gasteiger partial charge is 0.497 e. The lowest BCUT2D eigenvalue weighted by Gasteiger charge is -2.25. The fraction of sp³-hybridized carbons (Fsp3) is 0.500. The molecular weight excluding hydrogens is 404 g/mol. The van der Waals surface area contributed by atoms with Crippen LogP contribution in [0.1, 0.15) is 44.0 Å². The van der Waals surface area contributed by atoms with Gasteiger partial charge in [0.25, 0.3) is 0 Å². The van der Waals surface area contributed by atoms with Crippen molar-refractivity contribution in [2.45, 2.75) is 49.8 Å². The molecule has 0 saturated heterocycles. The number of thioether (sulfide) groups is 1. The van der Waals surface area contributed by atoms with Crippen molar-refractivity contribution in [1.82, 2.24) is 25.4 Å². The van der Waals surface area contributed by atoms with Crippen molar-refractivity contribution < 1.29 is 14.3 Å². The molecule has 1 saturated carbocycles. The van der Waals surface area contributed by atoms with Gasteiger partial charge in [0.1, 0.15) is 5.75 Å². The highest BCUT2D eigenvalue weighted by Gasteiger charge is 2.23. The molecular formula is C20H28N6O3S. The van der Waals surface area contributed by atoms with E-state index in [-0.39, 0.29) is 11.7 Å². The van der Waals surface area contributed by atoms with Gasteiger partial charge in [0.2, 0.25) is 5.91 Å². The third kappa shape index (κ3) is 5.88. The van der Waals surface area contributed by atoms with E-state index in [0.717, 1.165) is 30.1 Å². The minimum Gasteiger partial charge on any atom is -0.497 e. The molecule has 1 fully saturated rings. The van der Waals surface area contributed by atoms with E-state index in [1.165, 1.54) is 38.1 Å². The standard InChI is InChI=1S/C20H28N6O3S/c1-21-19(28)23-18(27)13-30-20-25-24-17(26(20)15-8-4-3-5-9-15)12-22-14-7-6-10-16(11-14)29-2/h6-7,10-11,15,22H,3-5,8-9,12-13H2,1-2H3,(H2,21,23,27,28). The smallest absolute Gasteiger partial charge is 0.321 e. The van der Waals surface area contributed by atoms with Gasteiger partial charge in [-0.1, -0.05) is 37.1 Å². The fourth-order valence-corrected chi connectivity index (χ4v) is 4.33. The van der Waals surface area contributed by atoms with Crippen LogP contribution in [0.4, 0.5) is 10.5 Å². The fourth-order valence-electron chi connectivity index (χ4n) is 3.50. The van der Waals surface area contributed by atoms with Crippen LogP contribution in [-0.2, 0) is 11.3 Å². The summed E-state index contributed by atoms with van der Waals surface area (Å²) in [5.41, 5.74) is 0.937. The lowest BCUT2D eigenvalue weighted by Crippen LogP contribution is -2.38. The number of methoxy groups -OCH3 is 1. The number of urea groups is 1. The van der Waals surface area contributed by atoms with Gasteiger partial charge in [-0.05, 0) is 25.0 Å². The van der Waals surface area contributed by atoms with Crippen molar-refractivity contribution in [3.05, 3.63) is 30.1 Å². The van der Waals surface area contributed by atoms with Crippen LogP contribution in [0.25, 0.3) is 0 Å². The van der Waals surface area contributed by atoms with Crippen molar-refractivity contribution in [2.24, 2.45) is 0 Å². The zero-order chi connectivity index (χ0) is 21.3. The van der Waals surface area contributed by atoms with E-state index < -0.39 is 6.03 Å². The monoisotopic (exact) mass is 432 g/mol. The molecule has 1 aromatic carbocycles. The quantitative estimate of drug-likeness (QED) is 0.550. The van der Waals surface area contributed by atoms with E-state index in [4.69, 9.17) is 4.74 Å². The Morgan fingerprint density at radius 3 is 2.77 bits per heavy atom. The number of nitrogens with one attached hydrogen (secondary N) is 3. The highest BCUT2D eigenvalue weighted by molar-refractivity contribution is 7.99. The van der Waals surface area contributed by atoms with Gasteiger partial charge < -0.3 is 19.9 Å². The zero-order valence-corrected chi connectivity index (χ0v) is 18.1. The predicted molar refractivity (Wildman–Crippen MR) is 116 cm³/mol. The van der Waals surface area contributed by atoms with Crippen LogP contribution in [0.15, 0.2) is 29.4 Å². The van der Waals surface area contributed by atoms with Crippen LogP contribution in [0.2, 0.25) is 0 Å². The average Bonchev–Trinajstić information content (AvgIpc) is 3.19. The lowest BCUT2D eigenvalue weighted by molar-refractivity contribution is -0.117. The van der Waals surface area contributed by atoms with Crippen LogP contribution in [0.5, 0.6) is 5.75 Å². The molecule has 0 spiro atoms.